The number of sulfone groups is 1. The Morgan fingerprint density at radius 2 is 1.97 bits per heavy atom. The van der Waals surface area contributed by atoms with E-state index in [1.165, 1.54) is 22.8 Å². The number of nitrogens with zero attached hydrogens (tertiary/aromatic N) is 3. The van der Waals surface area contributed by atoms with E-state index < -0.39 is 9.84 Å². The van der Waals surface area contributed by atoms with Crippen LogP contribution in [0, 0.1) is 0 Å². The van der Waals surface area contributed by atoms with Crippen LogP contribution >= 0.6 is 0 Å². The Bertz CT molecular complexity index is 1260. The lowest BCUT2D eigenvalue weighted by Crippen LogP contribution is -2.44. The SMILES string of the molecule is C=C(/N=C\C(=C/N)CC)N1CC[C@@H](Oc2ccn(-c3ccc(S(C)(=O)=O)cc3)c(=O)c2)C[C@H]1CC. The second-order valence-corrected chi connectivity index (χ2v) is 10.6. The highest BCUT2D eigenvalue weighted by Crippen LogP contribution is 2.27. The lowest BCUT2D eigenvalue weighted by atomic mass is 9.97. The highest BCUT2D eigenvalue weighted by Gasteiger charge is 2.29. The zero-order valence-corrected chi connectivity index (χ0v) is 21.4. The van der Waals surface area contributed by atoms with Crippen molar-refractivity contribution in [2.45, 2.75) is 56.6 Å². The molecule has 2 aromatic rings. The summed E-state index contributed by atoms with van der Waals surface area (Å²) in [6.45, 7) is 9.05. The first-order valence-corrected chi connectivity index (χ1v) is 13.7. The number of benzene rings is 1. The summed E-state index contributed by atoms with van der Waals surface area (Å²) in [6.07, 6.45) is 9.42. The molecule has 1 aromatic heterocycles. The molecule has 8 nitrogen and oxygen atoms in total. The van der Waals surface area contributed by atoms with E-state index in [1.807, 2.05) is 6.92 Å². The summed E-state index contributed by atoms with van der Waals surface area (Å²) in [7, 11) is -3.29. The smallest absolute Gasteiger partial charge is 0.258 e. The number of likely N-dealkylation sites (tertiary alicyclic amines) is 1. The molecule has 2 atom stereocenters. The zero-order valence-electron chi connectivity index (χ0n) is 20.6. The minimum absolute atomic E-state index is 0.0209. The van der Waals surface area contributed by atoms with Gasteiger partial charge in [-0.1, -0.05) is 20.4 Å². The monoisotopic (exact) mass is 498 g/mol. The van der Waals surface area contributed by atoms with Crippen molar-refractivity contribution >= 4 is 16.1 Å². The van der Waals surface area contributed by atoms with Gasteiger partial charge >= 0.3 is 0 Å². The first kappa shape index (κ1) is 26.3. The predicted octanol–water partition coefficient (Wildman–Crippen LogP) is 3.66. The van der Waals surface area contributed by atoms with Crippen molar-refractivity contribution in [2.75, 3.05) is 12.8 Å². The minimum atomic E-state index is -3.29. The second kappa shape index (κ2) is 11.4. The molecule has 2 heterocycles. The summed E-state index contributed by atoms with van der Waals surface area (Å²) < 4.78 is 31.0. The van der Waals surface area contributed by atoms with Gasteiger partial charge in [-0.05, 0) is 54.9 Å². The molecule has 0 unspecified atom stereocenters. The molecule has 0 amide bonds. The molecule has 0 radical (unpaired) electrons. The molecule has 1 aliphatic heterocycles. The second-order valence-electron chi connectivity index (χ2n) is 8.63. The number of pyridine rings is 1. The number of aliphatic imine (C=N–C) groups is 1. The van der Waals surface area contributed by atoms with E-state index in [-0.39, 0.29) is 22.6 Å². The van der Waals surface area contributed by atoms with Crippen molar-refractivity contribution in [3.05, 3.63) is 77.1 Å². The maximum absolute atomic E-state index is 12.7. The number of ether oxygens (including phenoxy) is 1. The first-order chi connectivity index (χ1) is 16.7. The van der Waals surface area contributed by atoms with Crippen LogP contribution in [0.2, 0.25) is 0 Å². The van der Waals surface area contributed by atoms with E-state index in [0.29, 0.717) is 17.3 Å². The van der Waals surface area contributed by atoms with Crippen molar-refractivity contribution in [3.63, 3.8) is 0 Å². The van der Waals surface area contributed by atoms with Crippen LogP contribution in [0.4, 0.5) is 0 Å². The molecule has 0 saturated carbocycles. The van der Waals surface area contributed by atoms with Gasteiger partial charge in [0.15, 0.2) is 9.84 Å². The van der Waals surface area contributed by atoms with Crippen molar-refractivity contribution in [3.8, 4) is 11.4 Å². The first-order valence-electron chi connectivity index (χ1n) is 11.8. The van der Waals surface area contributed by atoms with Crippen LogP contribution in [0.25, 0.3) is 5.69 Å². The van der Waals surface area contributed by atoms with Gasteiger partial charge < -0.3 is 15.4 Å². The maximum atomic E-state index is 12.7. The van der Waals surface area contributed by atoms with Crippen LogP contribution in [-0.2, 0) is 9.84 Å². The number of rotatable bonds is 9. The van der Waals surface area contributed by atoms with Crippen LogP contribution in [0.3, 0.4) is 0 Å². The molecule has 0 bridgehead atoms. The van der Waals surface area contributed by atoms with E-state index in [0.717, 1.165) is 44.1 Å². The molecule has 1 saturated heterocycles. The standard InChI is InChI=1S/C26H34N4O4S/c1-5-20(17-27)18-28-19(3)29-13-11-23(15-21(29)6-2)34-24-12-14-30(26(31)16-24)22-7-9-25(10-8-22)35(4,32)33/h7-10,12,14,16-18,21,23H,3,5-6,11,13,15,27H2,1-2,4H3/b20-17-,28-18-/t21-,23-/m1/s1. The Kier molecular flexibility index (Phi) is 8.56. The summed E-state index contributed by atoms with van der Waals surface area (Å²) in [5.41, 5.74) is 6.90. The van der Waals surface area contributed by atoms with E-state index in [1.54, 1.807) is 36.8 Å². The van der Waals surface area contributed by atoms with Gasteiger partial charge in [0, 0.05) is 55.8 Å². The molecule has 0 spiro atoms. The normalized spacial score (nSPS) is 19.2. The van der Waals surface area contributed by atoms with Gasteiger partial charge in [-0.2, -0.15) is 0 Å². The van der Waals surface area contributed by atoms with Gasteiger partial charge in [0.25, 0.3) is 5.56 Å². The summed E-state index contributed by atoms with van der Waals surface area (Å²) in [6, 6.07) is 9.67. The highest BCUT2D eigenvalue weighted by molar-refractivity contribution is 7.90. The third-order valence-corrected chi connectivity index (χ3v) is 7.34. The van der Waals surface area contributed by atoms with Gasteiger partial charge in [0.2, 0.25) is 0 Å². The lowest BCUT2D eigenvalue weighted by Gasteiger charge is -2.40. The Hall–Kier alpha value is -3.33. The van der Waals surface area contributed by atoms with E-state index in [9.17, 15) is 13.2 Å². The van der Waals surface area contributed by atoms with Crippen LogP contribution in [0.15, 0.2) is 81.5 Å². The van der Waals surface area contributed by atoms with Crippen LogP contribution in [-0.4, -0.2) is 49.0 Å². The summed E-state index contributed by atoms with van der Waals surface area (Å²) in [4.78, 5) is 19.6. The number of hydrogen-bond donors (Lipinski definition) is 1. The molecule has 3 rings (SSSR count). The third kappa shape index (κ3) is 6.63. The molecule has 0 aliphatic carbocycles. The number of piperidine rings is 1. The Morgan fingerprint density at radius 1 is 1.26 bits per heavy atom. The number of aromatic nitrogens is 1. The van der Waals surface area contributed by atoms with E-state index >= 15 is 0 Å². The Balaban J connectivity index is 1.66. The Morgan fingerprint density at radius 3 is 2.54 bits per heavy atom. The van der Waals surface area contributed by atoms with Crippen LogP contribution in [0.1, 0.15) is 39.5 Å². The van der Waals surface area contributed by atoms with Gasteiger partial charge in [0.1, 0.15) is 17.7 Å². The zero-order chi connectivity index (χ0) is 25.6. The average molecular weight is 499 g/mol. The van der Waals surface area contributed by atoms with Crippen molar-refractivity contribution in [1.29, 1.82) is 0 Å². The minimum Gasteiger partial charge on any atom is -0.490 e. The third-order valence-electron chi connectivity index (χ3n) is 6.21. The average Bonchev–Trinajstić information content (AvgIpc) is 2.84. The molecular weight excluding hydrogens is 464 g/mol. The largest absolute Gasteiger partial charge is 0.490 e. The van der Waals surface area contributed by atoms with Crippen molar-refractivity contribution < 1.29 is 13.2 Å². The fourth-order valence-electron chi connectivity index (χ4n) is 4.13. The molecule has 1 aliphatic rings. The molecule has 1 fully saturated rings. The molecule has 2 N–H and O–H groups in total. The van der Waals surface area contributed by atoms with Gasteiger partial charge in [-0.3, -0.25) is 9.36 Å². The number of allylic oxidation sites excluding steroid dienone is 1. The molecule has 9 heteroatoms. The number of hydrogen-bond acceptors (Lipinski definition) is 7. The predicted molar refractivity (Wildman–Crippen MR) is 140 cm³/mol. The van der Waals surface area contributed by atoms with Crippen LogP contribution < -0.4 is 16.0 Å². The van der Waals surface area contributed by atoms with Crippen molar-refractivity contribution in [1.82, 2.24) is 9.47 Å². The lowest BCUT2D eigenvalue weighted by molar-refractivity contribution is 0.0739. The quantitative estimate of drug-likeness (QED) is 0.529. The molecule has 35 heavy (non-hydrogen) atoms. The molecule has 1 aromatic carbocycles. The molecular formula is C26H34N4O4S. The highest BCUT2D eigenvalue weighted by atomic mass is 32.2. The summed E-state index contributed by atoms with van der Waals surface area (Å²) >= 11 is 0. The summed E-state index contributed by atoms with van der Waals surface area (Å²) in [5, 5.41) is 0. The maximum Gasteiger partial charge on any atom is 0.258 e. The van der Waals surface area contributed by atoms with Crippen molar-refractivity contribution in [2.24, 2.45) is 10.7 Å². The fraction of sp³-hybridized carbons (Fsp3) is 0.385. The van der Waals surface area contributed by atoms with E-state index in [2.05, 4.69) is 23.4 Å². The molecule has 188 valence electrons. The van der Waals surface area contributed by atoms with E-state index in [4.69, 9.17) is 10.5 Å². The Labute approximate surface area is 207 Å². The van der Waals surface area contributed by atoms with Gasteiger partial charge in [0.05, 0.1) is 4.90 Å². The topological polar surface area (TPSA) is 107 Å². The van der Waals surface area contributed by atoms with Gasteiger partial charge in [-0.25, -0.2) is 13.4 Å². The van der Waals surface area contributed by atoms with Crippen LogP contribution in [0.5, 0.6) is 5.75 Å². The van der Waals surface area contributed by atoms with Gasteiger partial charge in [-0.15, -0.1) is 0 Å². The summed E-state index contributed by atoms with van der Waals surface area (Å²) in [5.74, 6) is 1.23. The fourth-order valence-corrected chi connectivity index (χ4v) is 4.76. The number of nitrogens with two attached hydrogens (primary N) is 1.